The molecule has 3 aromatic heterocycles. The summed E-state index contributed by atoms with van der Waals surface area (Å²) < 4.78 is 18.6. The van der Waals surface area contributed by atoms with Crippen LogP contribution in [0.25, 0.3) is 11.1 Å². The number of carbonyl (C=O) groups excluding carboxylic acids is 1. The molecule has 186 valence electrons. The SMILES string of the molecule is CCOC(=O)c1cncc(-c2cnc(Nc3ccc(F)c(Cl)c3)nc2NCCCc2cn[nH]c2C)c1. The molecule has 3 N–H and O–H groups in total. The number of rotatable bonds is 10. The molecule has 3 heterocycles. The number of ether oxygens (including phenoxy) is 1. The van der Waals surface area contributed by atoms with Crippen molar-refractivity contribution in [3.8, 4) is 11.1 Å². The molecule has 4 rings (SSSR count). The Morgan fingerprint density at radius 3 is 2.81 bits per heavy atom. The van der Waals surface area contributed by atoms with Crippen LogP contribution >= 0.6 is 11.6 Å². The number of esters is 1. The molecule has 9 nitrogen and oxygen atoms in total. The van der Waals surface area contributed by atoms with Crippen molar-refractivity contribution in [2.45, 2.75) is 26.7 Å². The summed E-state index contributed by atoms with van der Waals surface area (Å²) in [5.74, 6) is -0.122. The number of hydrogen-bond donors (Lipinski definition) is 3. The second-order valence-electron chi connectivity index (χ2n) is 7.94. The zero-order chi connectivity index (χ0) is 25.5. The van der Waals surface area contributed by atoms with Crippen LogP contribution in [0.5, 0.6) is 0 Å². The van der Waals surface area contributed by atoms with Gasteiger partial charge in [-0.3, -0.25) is 10.1 Å². The number of halogens is 2. The van der Waals surface area contributed by atoms with Crippen LogP contribution in [0, 0.1) is 12.7 Å². The molecule has 4 aromatic rings. The van der Waals surface area contributed by atoms with Crippen molar-refractivity contribution >= 4 is 35.0 Å². The topological polar surface area (TPSA) is 118 Å². The van der Waals surface area contributed by atoms with Gasteiger partial charge in [0.15, 0.2) is 0 Å². The lowest BCUT2D eigenvalue weighted by Crippen LogP contribution is -2.09. The summed E-state index contributed by atoms with van der Waals surface area (Å²) in [6.45, 7) is 4.63. The molecule has 0 fully saturated rings. The molecule has 0 atom stereocenters. The average molecular weight is 510 g/mol. The third kappa shape index (κ3) is 6.14. The van der Waals surface area contributed by atoms with E-state index < -0.39 is 11.8 Å². The highest BCUT2D eigenvalue weighted by Gasteiger charge is 2.14. The Bertz CT molecular complexity index is 1360. The monoisotopic (exact) mass is 509 g/mol. The molecular formula is C25H25ClFN7O2. The summed E-state index contributed by atoms with van der Waals surface area (Å²) in [5.41, 5.74) is 4.40. The molecule has 0 unspecified atom stereocenters. The fourth-order valence-corrected chi connectivity index (χ4v) is 3.70. The van der Waals surface area contributed by atoms with Crippen LogP contribution in [-0.2, 0) is 11.2 Å². The maximum absolute atomic E-state index is 13.5. The van der Waals surface area contributed by atoms with Crippen molar-refractivity contribution in [3.63, 3.8) is 0 Å². The van der Waals surface area contributed by atoms with E-state index in [9.17, 15) is 9.18 Å². The maximum Gasteiger partial charge on any atom is 0.339 e. The number of H-pyrrole nitrogens is 1. The van der Waals surface area contributed by atoms with Gasteiger partial charge in [-0.2, -0.15) is 10.1 Å². The summed E-state index contributed by atoms with van der Waals surface area (Å²) >= 11 is 5.90. The highest BCUT2D eigenvalue weighted by atomic mass is 35.5. The number of nitrogens with one attached hydrogen (secondary N) is 3. The second-order valence-corrected chi connectivity index (χ2v) is 8.35. The third-order valence-corrected chi connectivity index (χ3v) is 5.66. The van der Waals surface area contributed by atoms with E-state index in [1.165, 1.54) is 18.3 Å². The Morgan fingerprint density at radius 2 is 2.06 bits per heavy atom. The maximum atomic E-state index is 13.5. The summed E-state index contributed by atoms with van der Waals surface area (Å²) in [5, 5.41) is 13.4. The normalized spacial score (nSPS) is 10.8. The Hall–Kier alpha value is -4.05. The van der Waals surface area contributed by atoms with Gasteiger partial charge in [0, 0.05) is 47.6 Å². The van der Waals surface area contributed by atoms with Crippen molar-refractivity contribution in [2.75, 3.05) is 23.8 Å². The fraction of sp³-hybridized carbons (Fsp3) is 0.240. The van der Waals surface area contributed by atoms with E-state index in [1.54, 1.807) is 31.5 Å². The third-order valence-electron chi connectivity index (χ3n) is 5.37. The molecule has 0 aliphatic carbocycles. The highest BCUT2D eigenvalue weighted by molar-refractivity contribution is 6.31. The molecule has 36 heavy (non-hydrogen) atoms. The number of carbonyl (C=O) groups is 1. The van der Waals surface area contributed by atoms with Gasteiger partial charge < -0.3 is 15.4 Å². The summed E-state index contributed by atoms with van der Waals surface area (Å²) in [4.78, 5) is 25.4. The van der Waals surface area contributed by atoms with Gasteiger partial charge in [-0.05, 0) is 56.5 Å². The molecule has 0 radical (unpaired) electrons. The van der Waals surface area contributed by atoms with Crippen molar-refractivity contribution in [3.05, 3.63) is 76.7 Å². The molecule has 0 spiro atoms. The fourth-order valence-electron chi connectivity index (χ4n) is 3.52. The van der Waals surface area contributed by atoms with Gasteiger partial charge >= 0.3 is 5.97 Å². The van der Waals surface area contributed by atoms with E-state index in [0.29, 0.717) is 40.7 Å². The van der Waals surface area contributed by atoms with Crippen molar-refractivity contribution in [1.82, 2.24) is 25.1 Å². The van der Waals surface area contributed by atoms with Gasteiger partial charge in [-0.25, -0.2) is 14.2 Å². The van der Waals surface area contributed by atoms with E-state index in [0.717, 1.165) is 24.1 Å². The first-order chi connectivity index (χ1) is 17.4. The summed E-state index contributed by atoms with van der Waals surface area (Å²) in [6, 6.07) is 5.96. The number of aromatic amines is 1. The first-order valence-electron chi connectivity index (χ1n) is 11.4. The number of nitrogens with zero attached hydrogens (tertiary/aromatic N) is 4. The lowest BCUT2D eigenvalue weighted by atomic mass is 10.1. The lowest BCUT2D eigenvalue weighted by molar-refractivity contribution is 0.0526. The van der Waals surface area contributed by atoms with Gasteiger partial charge in [-0.15, -0.1) is 0 Å². The van der Waals surface area contributed by atoms with Crippen LogP contribution < -0.4 is 10.6 Å². The van der Waals surface area contributed by atoms with Crippen molar-refractivity contribution < 1.29 is 13.9 Å². The number of hydrogen-bond acceptors (Lipinski definition) is 8. The van der Waals surface area contributed by atoms with E-state index >= 15 is 0 Å². The predicted molar refractivity (Wildman–Crippen MR) is 136 cm³/mol. The zero-order valence-corrected chi connectivity index (χ0v) is 20.6. The minimum absolute atomic E-state index is 0.00800. The summed E-state index contributed by atoms with van der Waals surface area (Å²) in [6.07, 6.45) is 8.23. The average Bonchev–Trinajstić information content (AvgIpc) is 3.29. The van der Waals surface area contributed by atoms with Crippen LogP contribution in [-0.4, -0.2) is 44.3 Å². The summed E-state index contributed by atoms with van der Waals surface area (Å²) in [7, 11) is 0. The smallest absolute Gasteiger partial charge is 0.339 e. The Kier molecular flexibility index (Phi) is 8.06. The van der Waals surface area contributed by atoms with Crippen LogP contribution in [0.2, 0.25) is 5.02 Å². The standard InChI is InChI=1S/C25H25ClFN7O2/c1-3-36-24(35)18-9-17(11-28-12-18)20-14-30-25(32-19-6-7-22(27)21(26)10-19)33-23(20)29-8-4-5-16-13-31-34-15(16)2/h6-7,9-14H,3-5,8H2,1-2H3,(H,31,34)(H2,29,30,32,33). The van der Waals surface area contributed by atoms with E-state index in [2.05, 4.69) is 35.8 Å². The Labute approximate surface area is 212 Å². The molecule has 0 saturated carbocycles. The number of aromatic nitrogens is 5. The van der Waals surface area contributed by atoms with Gasteiger partial charge in [0.25, 0.3) is 0 Å². The quantitative estimate of drug-likeness (QED) is 0.194. The number of anilines is 3. The van der Waals surface area contributed by atoms with E-state index in [4.69, 9.17) is 16.3 Å². The molecule has 1 aromatic carbocycles. The minimum Gasteiger partial charge on any atom is -0.462 e. The predicted octanol–water partition coefficient (Wildman–Crippen LogP) is 5.33. The lowest BCUT2D eigenvalue weighted by Gasteiger charge is -2.14. The zero-order valence-electron chi connectivity index (χ0n) is 19.8. The van der Waals surface area contributed by atoms with Crippen LogP contribution in [0.4, 0.5) is 21.8 Å². The molecule has 11 heteroatoms. The first kappa shape index (κ1) is 25.1. The van der Waals surface area contributed by atoms with Gasteiger partial charge in [0.1, 0.15) is 11.6 Å². The molecule has 0 bridgehead atoms. The molecule has 0 aliphatic rings. The van der Waals surface area contributed by atoms with Gasteiger partial charge in [-0.1, -0.05) is 11.6 Å². The molecule has 0 aliphatic heterocycles. The van der Waals surface area contributed by atoms with Crippen LogP contribution in [0.3, 0.4) is 0 Å². The second kappa shape index (κ2) is 11.6. The van der Waals surface area contributed by atoms with Crippen molar-refractivity contribution in [1.29, 1.82) is 0 Å². The van der Waals surface area contributed by atoms with Gasteiger partial charge in [0.05, 0.1) is 23.4 Å². The van der Waals surface area contributed by atoms with Crippen LogP contribution in [0.15, 0.2) is 49.1 Å². The minimum atomic E-state index is -0.511. The first-order valence-corrected chi connectivity index (χ1v) is 11.8. The molecule has 0 saturated heterocycles. The molecule has 0 amide bonds. The Balaban J connectivity index is 1.59. The highest BCUT2D eigenvalue weighted by Crippen LogP contribution is 2.29. The Morgan fingerprint density at radius 1 is 1.19 bits per heavy atom. The number of aryl methyl sites for hydroxylation is 2. The largest absolute Gasteiger partial charge is 0.462 e. The van der Waals surface area contributed by atoms with E-state index in [-0.39, 0.29) is 11.6 Å². The number of benzene rings is 1. The van der Waals surface area contributed by atoms with E-state index in [1.807, 2.05) is 13.1 Å². The van der Waals surface area contributed by atoms with Gasteiger partial charge in [0.2, 0.25) is 5.95 Å². The van der Waals surface area contributed by atoms with Crippen molar-refractivity contribution in [2.24, 2.45) is 0 Å². The van der Waals surface area contributed by atoms with Crippen LogP contribution in [0.1, 0.15) is 35.0 Å². The molecular weight excluding hydrogens is 485 g/mol. The number of pyridine rings is 1.